The highest BCUT2D eigenvalue weighted by atomic mass is 15.3. The number of rotatable bonds is 3. The van der Waals surface area contributed by atoms with Gasteiger partial charge in [0.25, 0.3) is 0 Å². The molecule has 0 aliphatic rings. The fourth-order valence-electron chi connectivity index (χ4n) is 1.66. The van der Waals surface area contributed by atoms with Crippen molar-refractivity contribution in [3.05, 3.63) is 30.2 Å². The molecule has 0 unspecified atom stereocenters. The van der Waals surface area contributed by atoms with Gasteiger partial charge in [0, 0.05) is 13.2 Å². The number of aromatic nitrogens is 3. The molecule has 0 spiro atoms. The Morgan fingerprint density at radius 2 is 2.12 bits per heavy atom. The second-order valence-electron chi connectivity index (χ2n) is 4.35. The van der Waals surface area contributed by atoms with Crippen LogP contribution in [0.3, 0.4) is 0 Å². The minimum atomic E-state index is 0.375. The Bertz CT molecular complexity index is 498. The van der Waals surface area contributed by atoms with E-state index in [4.69, 9.17) is 5.73 Å². The summed E-state index contributed by atoms with van der Waals surface area (Å²) in [4.78, 5) is 4.04. The highest BCUT2D eigenvalue weighted by Crippen LogP contribution is 2.25. The number of hydrogen-bond donors (Lipinski definition) is 2. The van der Waals surface area contributed by atoms with E-state index in [1.807, 2.05) is 24.0 Å². The van der Waals surface area contributed by atoms with Crippen molar-refractivity contribution in [2.45, 2.75) is 19.8 Å². The van der Waals surface area contributed by atoms with Crippen LogP contribution < -0.4 is 11.1 Å². The van der Waals surface area contributed by atoms with Gasteiger partial charge >= 0.3 is 0 Å². The van der Waals surface area contributed by atoms with Crippen LogP contribution in [-0.2, 0) is 7.05 Å². The molecule has 0 aliphatic heterocycles. The van der Waals surface area contributed by atoms with Gasteiger partial charge in [-0.15, -0.1) is 0 Å². The molecule has 0 bridgehead atoms. The molecule has 0 aliphatic carbocycles. The summed E-state index contributed by atoms with van der Waals surface area (Å²) < 4.78 is 1.81. The minimum absolute atomic E-state index is 0.375. The molecular formula is C12H17N5. The molecule has 5 nitrogen and oxygen atoms in total. The second-order valence-corrected chi connectivity index (χ2v) is 4.35. The van der Waals surface area contributed by atoms with E-state index in [0.717, 1.165) is 17.1 Å². The van der Waals surface area contributed by atoms with Crippen molar-refractivity contribution in [3.8, 4) is 0 Å². The van der Waals surface area contributed by atoms with Crippen molar-refractivity contribution in [1.82, 2.24) is 14.8 Å². The lowest BCUT2D eigenvalue weighted by atomic mass is 10.1. The topological polar surface area (TPSA) is 68.8 Å². The first-order valence-electron chi connectivity index (χ1n) is 5.58. The van der Waals surface area contributed by atoms with Gasteiger partial charge in [0.05, 0.1) is 23.3 Å². The number of pyridine rings is 1. The van der Waals surface area contributed by atoms with Crippen molar-refractivity contribution in [3.63, 3.8) is 0 Å². The van der Waals surface area contributed by atoms with Crippen LogP contribution in [0, 0.1) is 0 Å². The number of nitrogens with zero attached hydrogens (tertiary/aromatic N) is 3. The zero-order valence-electron chi connectivity index (χ0n) is 10.3. The summed E-state index contributed by atoms with van der Waals surface area (Å²) in [5.41, 5.74) is 8.51. The lowest BCUT2D eigenvalue weighted by molar-refractivity contribution is 0.713. The van der Waals surface area contributed by atoms with Crippen LogP contribution in [-0.4, -0.2) is 14.8 Å². The van der Waals surface area contributed by atoms with Crippen LogP contribution in [0.1, 0.15) is 25.5 Å². The third-order valence-electron chi connectivity index (χ3n) is 2.47. The van der Waals surface area contributed by atoms with Gasteiger partial charge in [-0.1, -0.05) is 13.8 Å². The molecule has 0 amide bonds. The lowest BCUT2D eigenvalue weighted by Gasteiger charge is -2.07. The zero-order chi connectivity index (χ0) is 12.4. The molecule has 0 atom stereocenters. The fraction of sp³-hybridized carbons (Fsp3) is 0.333. The lowest BCUT2D eigenvalue weighted by Crippen LogP contribution is -1.97. The quantitative estimate of drug-likeness (QED) is 0.850. The second kappa shape index (κ2) is 4.45. The molecule has 2 aromatic rings. The van der Waals surface area contributed by atoms with Gasteiger partial charge in [0.15, 0.2) is 0 Å². The Morgan fingerprint density at radius 1 is 1.35 bits per heavy atom. The van der Waals surface area contributed by atoms with Gasteiger partial charge < -0.3 is 11.1 Å². The maximum atomic E-state index is 5.55. The number of aryl methyl sites for hydroxylation is 1. The highest BCUT2D eigenvalue weighted by molar-refractivity contribution is 5.61. The van der Waals surface area contributed by atoms with E-state index in [0.29, 0.717) is 11.7 Å². The Balaban J connectivity index is 2.26. The van der Waals surface area contributed by atoms with E-state index < -0.39 is 0 Å². The summed E-state index contributed by atoms with van der Waals surface area (Å²) in [5, 5.41) is 7.73. The molecule has 5 heteroatoms. The van der Waals surface area contributed by atoms with Crippen molar-refractivity contribution in [2.75, 3.05) is 11.1 Å². The largest absolute Gasteiger partial charge is 0.384 e. The SMILES string of the molecule is CC(C)c1nn(C)cc1Nc1ccc(N)nc1. The molecule has 90 valence electrons. The van der Waals surface area contributed by atoms with Gasteiger partial charge in [-0.3, -0.25) is 4.68 Å². The van der Waals surface area contributed by atoms with Gasteiger partial charge in [0.2, 0.25) is 0 Å². The van der Waals surface area contributed by atoms with Gasteiger partial charge in [-0.2, -0.15) is 5.10 Å². The maximum absolute atomic E-state index is 5.55. The predicted molar refractivity (Wildman–Crippen MR) is 69.2 cm³/mol. The van der Waals surface area contributed by atoms with E-state index in [9.17, 15) is 0 Å². The highest BCUT2D eigenvalue weighted by Gasteiger charge is 2.11. The molecule has 0 aromatic carbocycles. The Morgan fingerprint density at radius 3 is 2.71 bits per heavy atom. The maximum Gasteiger partial charge on any atom is 0.123 e. The van der Waals surface area contributed by atoms with E-state index in [-0.39, 0.29) is 0 Å². The number of nitrogens with one attached hydrogen (secondary N) is 1. The van der Waals surface area contributed by atoms with Crippen molar-refractivity contribution < 1.29 is 0 Å². The summed E-state index contributed by atoms with van der Waals surface area (Å²) in [5.74, 6) is 0.895. The molecule has 0 fully saturated rings. The van der Waals surface area contributed by atoms with Crippen LogP contribution in [0.2, 0.25) is 0 Å². The third kappa shape index (κ3) is 2.55. The van der Waals surface area contributed by atoms with E-state index >= 15 is 0 Å². The van der Waals surface area contributed by atoms with Crippen LogP contribution in [0.25, 0.3) is 0 Å². The first-order chi connectivity index (χ1) is 8.06. The first-order valence-corrected chi connectivity index (χ1v) is 5.58. The molecule has 2 aromatic heterocycles. The standard InChI is InChI=1S/C12H17N5/c1-8(2)12-10(7-17(3)16-12)15-9-4-5-11(13)14-6-9/h4-8,15H,1-3H3,(H2,13,14). The Labute approximate surface area is 101 Å². The van der Waals surface area contributed by atoms with E-state index in [2.05, 4.69) is 29.2 Å². The summed E-state index contributed by atoms with van der Waals surface area (Å²) in [6.45, 7) is 4.24. The average molecular weight is 231 g/mol. The average Bonchev–Trinajstić information content (AvgIpc) is 2.63. The molecule has 3 N–H and O–H groups in total. The monoisotopic (exact) mass is 231 g/mol. The molecule has 17 heavy (non-hydrogen) atoms. The van der Waals surface area contributed by atoms with Crippen LogP contribution in [0.5, 0.6) is 0 Å². The summed E-state index contributed by atoms with van der Waals surface area (Å²) in [6, 6.07) is 3.67. The molecule has 2 rings (SSSR count). The van der Waals surface area contributed by atoms with Crippen molar-refractivity contribution in [2.24, 2.45) is 7.05 Å². The van der Waals surface area contributed by atoms with Crippen LogP contribution in [0.15, 0.2) is 24.5 Å². The molecular weight excluding hydrogens is 214 g/mol. The zero-order valence-corrected chi connectivity index (χ0v) is 10.3. The number of nitrogens with two attached hydrogens (primary N) is 1. The summed E-state index contributed by atoms with van der Waals surface area (Å²) in [6.07, 6.45) is 3.68. The summed E-state index contributed by atoms with van der Waals surface area (Å²) in [7, 11) is 1.91. The Hall–Kier alpha value is -2.04. The normalized spacial score (nSPS) is 10.8. The molecule has 0 saturated heterocycles. The summed E-state index contributed by atoms with van der Waals surface area (Å²) >= 11 is 0. The molecule has 0 radical (unpaired) electrons. The smallest absolute Gasteiger partial charge is 0.123 e. The van der Waals surface area contributed by atoms with Gasteiger partial charge in [-0.25, -0.2) is 4.98 Å². The van der Waals surface area contributed by atoms with Crippen molar-refractivity contribution in [1.29, 1.82) is 0 Å². The fourth-order valence-corrected chi connectivity index (χ4v) is 1.66. The molecule has 2 heterocycles. The number of hydrogen-bond acceptors (Lipinski definition) is 4. The van der Waals surface area contributed by atoms with Gasteiger partial charge in [-0.05, 0) is 18.1 Å². The van der Waals surface area contributed by atoms with Crippen molar-refractivity contribution >= 4 is 17.2 Å². The third-order valence-corrected chi connectivity index (χ3v) is 2.47. The Kier molecular flexibility index (Phi) is 2.99. The predicted octanol–water partition coefficient (Wildman–Crippen LogP) is 2.26. The molecule has 0 saturated carbocycles. The van der Waals surface area contributed by atoms with Gasteiger partial charge in [0.1, 0.15) is 5.82 Å². The van der Waals surface area contributed by atoms with E-state index in [1.165, 1.54) is 0 Å². The van der Waals surface area contributed by atoms with Crippen LogP contribution in [0.4, 0.5) is 17.2 Å². The van der Waals surface area contributed by atoms with E-state index in [1.54, 1.807) is 12.3 Å². The number of nitrogen functional groups attached to an aromatic ring is 1. The van der Waals surface area contributed by atoms with Crippen LogP contribution >= 0.6 is 0 Å². The minimum Gasteiger partial charge on any atom is -0.384 e. The first kappa shape index (κ1) is 11.4. The number of anilines is 3.